The predicted octanol–water partition coefficient (Wildman–Crippen LogP) is 2.95. The van der Waals surface area contributed by atoms with Gasteiger partial charge in [0.25, 0.3) is 0 Å². The Kier molecular flexibility index (Phi) is 3.24. The van der Waals surface area contributed by atoms with E-state index in [0.29, 0.717) is 0 Å². The van der Waals surface area contributed by atoms with Crippen LogP contribution in [0.4, 0.5) is 4.39 Å². The Balaban J connectivity index is 2.82. The molecule has 1 aromatic rings. The van der Waals surface area contributed by atoms with Gasteiger partial charge >= 0.3 is 5.97 Å². The number of aliphatic carboxylic acids is 1. The molecule has 2 nitrogen and oxygen atoms in total. The van der Waals surface area contributed by atoms with Gasteiger partial charge in [-0.15, -0.1) is 0 Å². The fourth-order valence-electron chi connectivity index (χ4n) is 0.950. The van der Waals surface area contributed by atoms with Crippen LogP contribution in [0.1, 0.15) is 19.4 Å². The minimum absolute atomic E-state index is 0.301. The summed E-state index contributed by atoms with van der Waals surface area (Å²) in [6.07, 6.45) is 3.26. The molecule has 0 saturated heterocycles. The van der Waals surface area contributed by atoms with Gasteiger partial charge < -0.3 is 5.11 Å². The second kappa shape index (κ2) is 4.26. The van der Waals surface area contributed by atoms with Gasteiger partial charge in [0.1, 0.15) is 5.82 Å². The summed E-state index contributed by atoms with van der Waals surface area (Å²) in [5, 5.41) is 8.85. The van der Waals surface area contributed by atoms with Crippen molar-refractivity contribution in [1.29, 1.82) is 0 Å². The first-order chi connectivity index (χ1) is 6.92. The summed E-state index contributed by atoms with van der Waals surface area (Å²) in [6.45, 7) is 3.21. The fourth-order valence-corrected chi connectivity index (χ4v) is 0.950. The molecule has 0 fully saturated rings. The fraction of sp³-hybridized carbons (Fsp3) is 0.250. The molecule has 15 heavy (non-hydrogen) atoms. The van der Waals surface area contributed by atoms with Gasteiger partial charge in [0.2, 0.25) is 0 Å². The third-order valence-electron chi connectivity index (χ3n) is 2.11. The van der Waals surface area contributed by atoms with Crippen LogP contribution in [0.15, 0.2) is 30.3 Å². The molecule has 80 valence electrons. The van der Waals surface area contributed by atoms with Crippen LogP contribution in [-0.4, -0.2) is 11.1 Å². The highest BCUT2D eigenvalue weighted by Crippen LogP contribution is 2.19. The predicted molar refractivity (Wildman–Crippen MR) is 56.9 cm³/mol. The maximum atomic E-state index is 12.6. The van der Waals surface area contributed by atoms with Crippen molar-refractivity contribution in [1.82, 2.24) is 0 Å². The molecule has 0 aliphatic heterocycles. The van der Waals surface area contributed by atoms with E-state index in [4.69, 9.17) is 5.11 Å². The van der Waals surface area contributed by atoms with E-state index in [-0.39, 0.29) is 5.82 Å². The Hall–Kier alpha value is -1.64. The van der Waals surface area contributed by atoms with Crippen LogP contribution in [0.2, 0.25) is 0 Å². The molecule has 3 heteroatoms. The van der Waals surface area contributed by atoms with E-state index >= 15 is 0 Å². The third-order valence-corrected chi connectivity index (χ3v) is 2.11. The van der Waals surface area contributed by atoms with Crippen LogP contribution >= 0.6 is 0 Å². The minimum Gasteiger partial charge on any atom is -0.481 e. The molecular weight excluding hydrogens is 195 g/mol. The number of carboxylic acid groups (broad SMARTS) is 1. The van der Waals surface area contributed by atoms with Crippen LogP contribution in [-0.2, 0) is 4.79 Å². The van der Waals surface area contributed by atoms with Gasteiger partial charge in [0.05, 0.1) is 5.41 Å². The Morgan fingerprint density at radius 1 is 1.33 bits per heavy atom. The summed E-state index contributed by atoms with van der Waals surface area (Å²) in [6, 6.07) is 5.88. The summed E-state index contributed by atoms with van der Waals surface area (Å²) in [5.74, 6) is -1.19. The molecule has 0 aliphatic carbocycles. The zero-order valence-corrected chi connectivity index (χ0v) is 8.70. The van der Waals surface area contributed by atoms with Crippen LogP contribution in [0.25, 0.3) is 6.08 Å². The lowest BCUT2D eigenvalue weighted by molar-refractivity contribution is -0.144. The number of carbonyl (C=O) groups is 1. The lowest BCUT2D eigenvalue weighted by atomic mass is 9.92. The molecule has 0 radical (unpaired) electrons. The first-order valence-electron chi connectivity index (χ1n) is 4.60. The monoisotopic (exact) mass is 208 g/mol. The maximum absolute atomic E-state index is 12.6. The molecule has 0 aliphatic rings. The van der Waals surface area contributed by atoms with Crippen molar-refractivity contribution in [2.75, 3.05) is 0 Å². The van der Waals surface area contributed by atoms with Gasteiger partial charge in [-0.3, -0.25) is 4.79 Å². The van der Waals surface area contributed by atoms with Crippen LogP contribution in [0.3, 0.4) is 0 Å². The van der Waals surface area contributed by atoms with E-state index in [1.807, 2.05) is 0 Å². The van der Waals surface area contributed by atoms with Gasteiger partial charge in [-0.1, -0.05) is 24.3 Å². The number of carboxylic acids is 1. The Morgan fingerprint density at radius 2 is 1.87 bits per heavy atom. The molecule has 1 N–H and O–H groups in total. The Bertz CT molecular complexity index is 377. The molecule has 1 aromatic carbocycles. The van der Waals surface area contributed by atoms with E-state index in [2.05, 4.69) is 0 Å². The van der Waals surface area contributed by atoms with Crippen molar-refractivity contribution >= 4 is 12.0 Å². The summed E-state index contributed by atoms with van der Waals surface area (Å²) in [4.78, 5) is 10.8. The first-order valence-corrected chi connectivity index (χ1v) is 4.60. The molecule has 0 aromatic heterocycles. The summed E-state index contributed by atoms with van der Waals surface area (Å²) < 4.78 is 12.6. The lowest BCUT2D eigenvalue weighted by Crippen LogP contribution is -2.20. The average Bonchev–Trinajstić information content (AvgIpc) is 2.17. The van der Waals surface area contributed by atoms with E-state index in [1.165, 1.54) is 12.1 Å². The van der Waals surface area contributed by atoms with Gasteiger partial charge in [-0.05, 0) is 31.5 Å². The molecule has 0 bridgehead atoms. The minimum atomic E-state index is -0.908. The quantitative estimate of drug-likeness (QED) is 0.829. The highest BCUT2D eigenvalue weighted by atomic mass is 19.1. The number of benzene rings is 1. The summed E-state index contributed by atoms with van der Waals surface area (Å²) in [7, 11) is 0. The smallest absolute Gasteiger partial charge is 0.312 e. The zero-order chi connectivity index (χ0) is 11.5. The molecule has 0 amide bonds. The maximum Gasteiger partial charge on any atom is 0.312 e. The number of halogens is 1. The average molecular weight is 208 g/mol. The number of hydrogen-bond donors (Lipinski definition) is 1. The van der Waals surface area contributed by atoms with Gasteiger partial charge in [0.15, 0.2) is 0 Å². The lowest BCUT2D eigenvalue weighted by Gasteiger charge is -2.12. The molecule has 0 unspecified atom stereocenters. The highest BCUT2D eigenvalue weighted by molar-refractivity contribution is 5.77. The van der Waals surface area contributed by atoms with Crippen LogP contribution in [0.5, 0.6) is 0 Å². The first kappa shape index (κ1) is 11.4. The molecule has 0 heterocycles. The van der Waals surface area contributed by atoms with E-state index in [9.17, 15) is 9.18 Å². The van der Waals surface area contributed by atoms with Crippen molar-refractivity contribution in [2.24, 2.45) is 5.41 Å². The van der Waals surface area contributed by atoms with Crippen molar-refractivity contribution in [3.8, 4) is 0 Å². The molecule has 0 spiro atoms. The normalized spacial score (nSPS) is 11.9. The highest BCUT2D eigenvalue weighted by Gasteiger charge is 2.22. The zero-order valence-electron chi connectivity index (χ0n) is 8.70. The molecule has 1 rings (SSSR count). The van der Waals surface area contributed by atoms with E-state index < -0.39 is 11.4 Å². The second-order valence-electron chi connectivity index (χ2n) is 3.91. The van der Waals surface area contributed by atoms with Crippen molar-refractivity contribution in [3.05, 3.63) is 41.7 Å². The molecule has 0 saturated carbocycles. The van der Waals surface area contributed by atoms with Gasteiger partial charge in [-0.25, -0.2) is 4.39 Å². The number of rotatable bonds is 3. The molecule has 0 atom stereocenters. The van der Waals surface area contributed by atoms with Crippen LogP contribution in [0, 0.1) is 11.2 Å². The Morgan fingerprint density at radius 3 is 2.33 bits per heavy atom. The van der Waals surface area contributed by atoms with Crippen molar-refractivity contribution in [3.63, 3.8) is 0 Å². The third kappa shape index (κ3) is 3.20. The topological polar surface area (TPSA) is 37.3 Å². The summed E-state index contributed by atoms with van der Waals surface area (Å²) >= 11 is 0. The summed E-state index contributed by atoms with van der Waals surface area (Å²) in [5.41, 5.74) is -0.125. The van der Waals surface area contributed by atoms with Crippen molar-refractivity contribution < 1.29 is 14.3 Å². The number of hydrogen-bond acceptors (Lipinski definition) is 1. The van der Waals surface area contributed by atoms with E-state index in [0.717, 1.165) is 5.56 Å². The largest absolute Gasteiger partial charge is 0.481 e. The van der Waals surface area contributed by atoms with Gasteiger partial charge in [0, 0.05) is 0 Å². The van der Waals surface area contributed by atoms with E-state index in [1.54, 1.807) is 38.1 Å². The SMILES string of the molecule is CC(C)(/C=C/c1ccc(F)cc1)C(=O)O. The molecular formula is C12H13FO2. The van der Waals surface area contributed by atoms with Crippen LogP contribution < -0.4 is 0 Å². The standard InChI is InChI=1S/C12H13FO2/c1-12(2,11(14)15)8-7-9-3-5-10(13)6-4-9/h3-8H,1-2H3,(H,14,15)/b8-7+. The van der Waals surface area contributed by atoms with Gasteiger partial charge in [-0.2, -0.15) is 0 Å². The second-order valence-corrected chi connectivity index (χ2v) is 3.91. The Labute approximate surface area is 88.1 Å². The van der Waals surface area contributed by atoms with Crippen molar-refractivity contribution in [2.45, 2.75) is 13.8 Å².